The molecule has 0 aromatic heterocycles. The topological polar surface area (TPSA) is 21.6 Å². The van der Waals surface area contributed by atoms with Crippen molar-refractivity contribution < 1.29 is 13.5 Å². The van der Waals surface area contributed by atoms with Gasteiger partial charge in [0.05, 0.1) is 12.8 Å². The molecular formula is C10H10ClF2NO. The Balaban J connectivity index is 2.89. The first-order valence-electron chi connectivity index (χ1n) is 4.20. The highest BCUT2D eigenvalue weighted by molar-refractivity contribution is 6.67. The lowest BCUT2D eigenvalue weighted by atomic mass is 10.3. The number of rotatable bonds is 3. The predicted molar refractivity (Wildman–Crippen MR) is 56.6 cm³/mol. The lowest BCUT2D eigenvalue weighted by Gasteiger charge is -2.07. The van der Waals surface area contributed by atoms with Crippen molar-refractivity contribution >= 4 is 22.5 Å². The van der Waals surface area contributed by atoms with E-state index in [1.807, 2.05) is 0 Å². The number of nitrogens with zero attached hydrogens (tertiary/aromatic N) is 1. The van der Waals surface area contributed by atoms with E-state index in [4.69, 9.17) is 16.3 Å². The molecular weight excluding hydrogens is 224 g/mol. The Kier molecular flexibility index (Phi) is 3.63. The number of ether oxygens (including phenoxy) is 1. The van der Waals surface area contributed by atoms with E-state index in [1.54, 1.807) is 24.3 Å². The summed E-state index contributed by atoms with van der Waals surface area (Å²) in [5.74, 6) is -2.48. The molecule has 0 bridgehead atoms. The zero-order chi connectivity index (χ0) is 11.5. The van der Waals surface area contributed by atoms with E-state index in [9.17, 15) is 8.78 Å². The molecule has 0 saturated heterocycles. The van der Waals surface area contributed by atoms with E-state index in [2.05, 4.69) is 4.99 Å². The summed E-state index contributed by atoms with van der Waals surface area (Å²) >= 11 is 5.33. The maximum atomic E-state index is 12.7. The van der Waals surface area contributed by atoms with Crippen LogP contribution in [0, 0.1) is 0 Å². The van der Waals surface area contributed by atoms with Gasteiger partial charge in [-0.1, -0.05) is 11.6 Å². The van der Waals surface area contributed by atoms with E-state index in [0.29, 0.717) is 18.4 Å². The summed E-state index contributed by atoms with van der Waals surface area (Å²) in [6.45, 7) is 0.697. The first-order valence-corrected chi connectivity index (χ1v) is 4.58. The fourth-order valence-electron chi connectivity index (χ4n) is 0.868. The number of hydrogen-bond donors (Lipinski definition) is 0. The molecule has 1 aromatic carbocycles. The minimum atomic E-state index is -3.11. The molecule has 0 atom stereocenters. The molecule has 0 N–H and O–H groups in total. The highest BCUT2D eigenvalue weighted by Gasteiger charge is 2.27. The van der Waals surface area contributed by atoms with Gasteiger partial charge in [-0.05, 0) is 24.3 Å². The predicted octanol–water partition coefficient (Wildman–Crippen LogP) is 3.62. The lowest BCUT2D eigenvalue weighted by molar-refractivity contribution is 0.104. The Bertz CT molecular complexity index is 357. The monoisotopic (exact) mass is 233 g/mol. The third-order valence-electron chi connectivity index (χ3n) is 1.66. The number of alkyl halides is 2. The quantitative estimate of drug-likeness (QED) is 0.731. The van der Waals surface area contributed by atoms with E-state index in [-0.39, 0.29) is 0 Å². The number of aliphatic imine (C=N–C) groups is 1. The second-order valence-corrected chi connectivity index (χ2v) is 3.35. The van der Waals surface area contributed by atoms with Gasteiger partial charge in [0.2, 0.25) is 0 Å². The van der Waals surface area contributed by atoms with Crippen LogP contribution in [-0.2, 0) is 0 Å². The van der Waals surface area contributed by atoms with Gasteiger partial charge in [-0.25, -0.2) is 4.99 Å². The molecule has 0 heterocycles. The van der Waals surface area contributed by atoms with Gasteiger partial charge in [0.15, 0.2) is 5.17 Å². The zero-order valence-electron chi connectivity index (χ0n) is 8.30. The minimum absolute atomic E-state index is 0.363. The van der Waals surface area contributed by atoms with Crippen LogP contribution in [0.5, 0.6) is 5.75 Å². The fraction of sp³-hybridized carbons (Fsp3) is 0.300. The Morgan fingerprint density at radius 1 is 1.33 bits per heavy atom. The van der Waals surface area contributed by atoms with Gasteiger partial charge in [-0.3, -0.25) is 0 Å². The van der Waals surface area contributed by atoms with Crippen molar-refractivity contribution in [2.24, 2.45) is 4.99 Å². The van der Waals surface area contributed by atoms with Crippen LogP contribution in [0.25, 0.3) is 0 Å². The number of halogens is 3. The molecule has 0 fully saturated rings. The summed E-state index contributed by atoms with van der Waals surface area (Å²) in [5, 5.41) is -0.729. The fourth-order valence-corrected chi connectivity index (χ4v) is 0.966. The summed E-state index contributed by atoms with van der Waals surface area (Å²) < 4.78 is 30.2. The van der Waals surface area contributed by atoms with Crippen molar-refractivity contribution in [1.29, 1.82) is 0 Å². The second-order valence-electron chi connectivity index (χ2n) is 2.99. The van der Waals surface area contributed by atoms with Crippen LogP contribution in [0.1, 0.15) is 6.92 Å². The SMILES string of the molecule is COc1ccc(/N=C(\Cl)C(C)(F)F)cc1. The van der Waals surface area contributed by atoms with Gasteiger partial charge >= 0.3 is 0 Å². The van der Waals surface area contributed by atoms with Crippen LogP contribution in [0.15, 0.2) is 29.3 Å². The molecule has 0 amide bonds. The second kappa shape index (κ2) is 4.57. The summed E-state index contributed by atoms with van der Waals surface area (Å²) in [4.78, 5) is 3.58. The highest BCUT2D eigenvalue weighted by Crippen LogP contribution is 2.23. The molecule has 0 spiro atoms. The molecule has 5 heteroatoms. The maximum Gasteiger partial charge on any atom is 0.297 e. The van der Waals surface area contributed by atoms with Crippen molar-refractivity contribution in [3.8, 4) is 5.75 Å². The summed E-state index contributed by atoms with van der Waals surface area (Å²) in [5.41, 5.74) is 0.363. The van der Waals surface area contributed by atoms with Crippen molar-refractivity contribution in [3.63, 3.8) is 0 Å². The largest absolute Gasteiger partial charge is 0.497 e. The maximum absolute atomic E-state index is 12.7. The third kappa shape index (κ3) is 3.47. The van der Waals surface area contributed by atoms with Crippen LogP contribution in [0.2, 0.25) is 0 Å². The first kappa shape index (κ1) is 11.9. The van der Waals surface area contributed by atoms with E-state index in [0.717, 1.165) is 0 Å². The summed E-state index contributed by atoms with van der Waals surface area (Å²) in [6, 6.07) is 6.34. The molecule has 0 aliphatic heterocycles. The van der Waals surface area contributed by atoms with Crippen molar-refractivity contribution in [1.82, 2.24) is 0 Å². The molecule has 0 radical (unpaired) electrons. The van der Waals surface area contributed by atoms with Crippen molar-refractivity contribution in [3.05, 3.63) is 24.3 Å². The van der Waals surface area contributed by atoms with Gasteiger partial charge in [0, 0.05) is 6.92 Å². The highest BCUT2D eigenvalue weighted by atomic mass is 35.5. The summed E-state index contributed by atoms with van der Waals surface area (Å²) in [6.07, 6.45) is 0. The Morgan fingerprint density at radius 2 is 1.87 bits per heavy atom. The minimum Gasteiger partial charge on any atom is -0.497 e. The molecule has 0 aliphatic rings. The first-order chi connectivity index (χ1) is 6.93. The summed E-state index contributed by atoms with van der Waals surface area (Å²) in [7, 11) is 1.52. The molecule has 0 unspecified atom stereocenters. The molecule has 1 aromatic rings. The van der Waals surface area contributed by atoms with Crippen molar-refractivity contribution in [2.45, 2.75) is 12.8 Å². The van der Waals surface area contributed by atoms with E-state index in [1.165, 1.54) is 7.11 Å². The van der Waals surface area contributed by atoms with Crippen LogP contribution in [0.4, 0.5) is 14.5 Å². The number of benzene rings is 1. The Labute approximate surface area is 91.5 Å². The Morgan fingerprint density at radius 3 is 2.27 bits per heavy atom. The molecule has 1 rings (SSSR count). The smallest absolute Gasteiger partial charge is 0.297 e. The van der Waals surface area contributed by atoms with Gasteiger partial charge in [-0.15, -0.1) is 0 Å². The van der Waals surface area contributed by atoms with Crippen LogP contribution >= 0.6 is 11.6 Å². The number of methoxy groups -OCH3 is 1. The van der Waals surface area contributed by atoms with Gasteiger partial charge in [0.1, 0.15) is 5.75 Å². The average molecular weight is 234 g/mol. The van der Waals surface area contributed by atoms with Crippen LogP contribution in [-0.4, -0.2) is 18.2 Å². The molecule has 15 heavy (non-hydrogen) atoms. The van der Waals surface area contributed by atoms with Crippen molar-refractivity contribution in [2.75, 3.05) is 7.11 Å². The molecule has 2 nitrogen and oxygen atoms in total. The van der Waals surface area contributed by atoms with Gasteiger partial charge < -0.3 is 4.74 Å². The normalized spacial score (nSPS) is 12.7. The van der Waals surface area contributed by atoms with Gasteiger partial charge in [-0.2, -0.15) is 8.78 Å². The standard InChI is InChI=1S/C10H10ClF2NO/c1-10(12,13)9(11)14-7-3-5-8(15-2)6-4-7/h3-6H,1-2H3/b14-9-. The third-order valence-corrected chi connectivity index (χ3v) is 2.08. The molecule has 0 saturated carbocycles. The van der Waals surface area contributed by atoms with E-state index < -0.39 is 11.1 Å². The average Bonchev–Trinajstić information content (AvgIpc) is 2.17. The van der Waals surface area contributed by atoms with Gasteiger partial charge in [0.25, 0.3) is 5.92 Å². The lowest BCUT2D eigenvalue weighted by Crippen LogP contribution is -2.18. The Hall–Kier alpha value is -1.16. The van der Waals surface area contributed by atoms with E-state index >= 15 is 0 Å². The molecule has 0 aliphatic carbocycles. The number of hydrogen-bond acceptors (Lipinski definition) is 2. The van der Waals surface area contributed by atoms with Crippen LogP contribution in [0.3, 0.4) is 0 Å². The van der Waals surface area contributed by atoms with Crippen LogP contribution < -0.4 is 4.74 Å². The zero-order valence-corrected chi connectivity index (χ0v) is 9.05. The molecule has 82 valence electrons.